The molecular formula is C20H19N. The van der Waals surface area contributed by atoms with Gasteiger partial charge in [-0.05, 0) is 48.2 Å². The van der Waals surface area contributed by atoms with Gasteiger partial charge in [0.2, 0.25) is 0 Å². The SMILES string of the molecule is Cc1ccc(-c2ccc(N)cc2-c2ccc(C)cc2)cc1. The number of rotatable bonds is 2. The van der Waals surface area contributed by atoms with Gasteiger partial charge in [0.25, 0.3) is 0 Å². The molecule has 21 heavy (non-hydrogen) atoms. The lowest BCUT2D eigenvalue weighted by molar-refractivity contribution is 1.46. The van der Waals surface area contributed by atoms with Gasteiger partial charge in [-0.3, -0.25) is 0 Å². The topological polar surface area (TPSA) is 26.0 Å². The molecule has 0 fully saturated rings. The molecule has 104 valence electrons. The third-order valence-electron chi connectivity index (χ3n) is 3.77. The lowest BCUT2D eigenvalue weighted by atomic mass is 9.93. The van der Waals surface area contributed by atoms with Gasteiger partial charge in [-0.1, -0.05) is 65.7 Å². The Labute approximate surface area is 126 Å². The highest BCUT2D eigenvalue weighted by atomic mass is 14.5. The molecule has 0 saturated carbocycles. The van der Waals surface area contributed by atoms with Crippen molar-refractivity contribution in [1.82, 2.24) is 0 Å². The maximum Gasteiger partial charge on any atom is 0.0320 e. The fourth-order valence-electron chi connectivity index (χ4n) is 2.52. The van der Waals surface area contributed by atoms with Crippen LogP contribution in [0.5, 0.6) is 0 Å². The molecule has 3 aromatic carbocycles. The Balaban J connectivity index is 2.17. The molecule has 0 unspecified atom stereocenters. The largest absolute Gasteiger partial charge is 0.399 e. The predicted molar refractivity (Wildman–Crippen MR) is 91.2 cm³/mol. The lowest BCUT2D eigenvalue weighted by Crippen LogP contribution is -1.90. The second-order valence-corrected chi connectivity index (χ2v) is 5.54. The molecule has 1 heteroatoms. The first-order valence-electron chi connectivity index (χ1n) is 7.17. The van der Waals surface area contributed by atoms with Gasteiger partial charge in [-0.2, -0.15) is 0 Å². The Hall–Kier alpha value is -2.54. The number of aryl methyl sites for hydroxylation is 2. The molecule has 0 atom stereocenters. The van der Waals surface area contributed by atoms with Crippen molar-refractivity contribution in [3.05, 3.63) is 77.9 Å². The van der Waals surface area contributed by atoms with Crippen LogP contribution in [0.2, 0.25) is 0 Å². The average molecular weight is 273 g/mol. The molecule has 1 nitrogen and oxygen atoms in total. The van der Waals surface area contributed by atoms with E-state index in [1.165, 1.54) is 33.4 Å². The minimum atomic E-state index is 0.793. The summed E-state index contributed by atoms with van der Waals surface area (Å²) in [6.45, 7) is 4.21. The maximum absolute atomic E-state index is 6.00. The van der Waals surface area contributed by atoms with Gasteiger partial charge in [0, 0.05) is 5.69 Å². The maximum atomic E-state index is 6.00. The van der Waals surface area contributed by atoms with Crippen LogP contribution >= 0.6 is 0 Å². The van der Waals surface area contributed by atoms with Crippen molar-refractivity contribution in [3.8, 4) is 22.3 Å². The summed E-state index contributed by atoms with van der Waals surface area (Å²) in [5.74, 6) is 0. The highest BCUT2D eigenvalue weighted by Crippen LogP contribution is 2.33. The second-order valence-electron chi connectivity index (χ2n) is 5.54. The third kappa shape index (κ3) is 2.82. The first-order chi connectivity index (χ1) is 10.1. The Morgan fingerprint density at radius 2 is 1.05 bits per heavy atom. The fourth-order valence-corrected chi connectivity index (χ4v) is 2.52. The minimum absolute atomic E-state index is 0.793. The van der Waals surface area contributed by atoms with E-state index in [1.54, 1.807) is 0 Å². The van der Waals surface area contributed by atoms with Crippen LogP contribution in [0.25, 0.3) is 22.3 Å². The Kier molecular flexibility index (Phi) is 3.49. The predicted octanol–water partition coefficient (Wildman–Crippen LogP) is 5.22. The summed E-state index contributed by atoms with van der Waals surface area (Å²) in [6.07, 6.45) is 0. The highest BCUT2D eigenvalue weighted by molar-refractivity contribution is 5.85. The van der Waals surface area contributed by atoms with Crippen LogP contribution in [0.4, 0.5) is 5.69 Å². The van der Waals surface area contributed by atoms with Crippen LogP contribution < -0.4 is 5.73 Å². The van der Waals surface area contributed by atoms with Crippen LogP contribution in [-0.2, 0) is 0 Å². The average Bonchev–Trinajstić information content (AvgIpc) is 2.49. The van der Waals surface area contributed by atoms with Crippen molar-refractivity contribution < 1.29 is 0 Å². The van der Waals surface area contributed by atoms with Crippen molar-refractivity contribution in [2.45, 2.75) is 13.8 Å². The first-order valence-corrected chi connectivity index (χ1v) is 7.17. The number of hydrogen-bond acceptors (Lipinski definition) is 1. The molecule has 0 spiro atoms. The quantitative estimate of drug-likeness (QED) is 0.636. The van der Waals surface area contributed by atoms with Gasteiger partial charge in [0.15, 0.2) is 0 Å². The molecule has 2 N–H and O–H groups in total. The van der Waals surface area contributed by atoms with Gasteiger partial charge < -0.3 is 5.73 Å². The van der Waals surface area contributed by atoms with Crippen LogP contribution in [0.15, 0.2) is 66.7 Å². The van der Waals surface area contributed by atoms with Crippen molar-refractivity contribution in [2.75, 3.05) is 5.73 Å². The zero-order valence-corrected chi connectivity index (χ0v) is 12.4. The number of hydrogen-bond donors (Lipinski definition) is 1. The Bertz CT molecular complexity index is 753. The molecule has 0 aliphatic carbocycles. The molecule has 0 aliphatic rings. The summed E-state index contributed by atoms with van der Waals surface area (Å²) in [5, 5.41) is 0. The Morgan fingerprint density at radius 1 is 0.571 bits per heavy atom. The van der Waals surface area contributed by atoms with E-state index in [1.807, 2.05) is 6.07 Å². The van der Waals surface area contributed by atoms with Crippen LogP contribution in [0.1, 0.15) is 11.1 Å². The molecule has 0 saturated heterocycles. The molecule has 0 heterocycles. The van der Waals surface area contributed by atoms with E-state index in [0.717, 1.165) is 5.69 Å². The highest BCUT2D eigenvalue weighted by Gasteiger charge is 2.08. The Morgan fingerprint density at radius 3 is 1.57 bits per heavy atom. The zero-order chi connectivity index (χ0) is 14.8. The second kappa shape index (κ2) is 5.45. The number of benzene rings is 3. The van der Waals surface area contributed by atoms with Gasteiger partial charge >= 0.3 is 0 Å². The van der Waals surface area contributed by atoms with Gasteiger partial charge in [0.1, 0.15) is 0 Å². The van der Waals surface area contributed by atoms with E-state index in [0.29, 0.717) is 0 Å². The van der Waals surface area contributed by atoms with Crippen molar-refractivity contribution in [2.24, 2.45) is 0 Å². The van der Waals surface area contributed by atoms with E-state index in [2.05, 4.69) is 74.5 Å². The smallest absolute Gasteiger partial charge is 0.0320 e. The zero-order valence-electron chi connectivity index (χ0n) is 12.4. The summed E-state index contributed by atoms with van der Waals surface area (Å²) in [7, 11) is 0. The summed E-state index contributed by atoms with van der Waals surface area (Å²) >= 11 is 0. The molecule has 3 aromatic rings. The van der Waals surface area contributed by atoms with Crippen LogP contribution in [-0.4, -0.2) is 0 Å². The van der Waals surface area contributed by atoms with Crippen molar-refractivity contribution in [3.63, 3.8) is 0 Å². The fraction of sp³-hybridized carbons (Fsp3) is 0.100. The summed E-state index contributed by atoms with van der Waals surface area (Å²) in [4.78, 5) is 0. The standard InChI is InChI=1S/C20H19N/c1-14-3-7-16(8-4-14)19-12-11-18(21)13-20(19)17-9-5-15(2)6-10-17/h3-13H,21H2,1-2H3. The molecule has 0 amide bonds. The summed E-state index contributed by atoms with van der Waals surface area (Å²) in [6, 6.07) is 23.3. The molecule has 0 radical (unpaired) electrons. The third-order valence-corrected chi connectivity index (χ3v) is 3.77. The van der Waals surface area contributed by atoms with Crippen LogP contribution in [0, 0.1) is 13.8 Å². The normalized spacial score (nSPS) is 10.6. The van der Waals surface area contributed by atoms with E-state index in [-0.39, 0.29) is 0 Å². The lowest BCUT2D eigenvalue weighted by Gasteiger charge is -2.12. The summed E-state index contributed by atoms with van der Waals surface area (Å²) in [5.41, 5.74) is 14.1. The molecule has 0 aromatic heterocycles. The number of anilines is 1. The monoisotopic (exact) mass is 273 g/mol. The molecule has 0 aliphatic heterocycles. The molecular weight excluding hydrogens is 254 g/mol. The minimum Gasteiger partial charge on any atom is -0.399 e. The first kappa shape index (κ1) is 13.4. The molecule has 3 rings (SSSR count). The van der Waals surface area contributed by atoms with Gasteiger partial charge in [-0.15, -0.1) is 0 Å². The molecule has 0 bridgehead atoms. The van der Waals surface area contributed by atoms with E-state index in [9.17, 15) is 0 Å². The van der Waals surface area contributed by atoms with Crippen molar-refractivity contribution >= 4 is 5.69 Å². The van der Waals surface area contributed by atoms with Crippen LogP contribution in [0.3, 0.4) is 0 Å². The van der Waals surface area contributed by atoms with Gasteiger partial charge in [0.05, 0.1) is 0 Å². The van der Waals surface area contributed by atoms with E-state index < -0.39 is 0 Å². The number of nitrogen functional groups attached to an aromatic ring is 1. The summed E-state index contributed by atoms with van der Waals surface area (Å²) < 4.78 is 0. The van der Waals surface area contributed by atoms with E-state index in [4.69, 9.17) is 5.73 Å². The van der Waals surface area contributed by atoms with Gasteiger partial charge in [-0.25, -0.2) is 0 Å². The van der Waals surface area contributed by atoms with E-state index >= 15 is 0 Å². The number of nitrogens with two attached hydrogens (primary N) is 1. The van der Waals surface area contributed by atoms with Crippen molar-refractivity contribution in [1.29, 1.82) is 0 Å².